The van der Waals surface area contributed by atoms with E-state index in [1.165, 1.54) is 19.1 Å². The lowest BCUT2D eigenvalue weighted by molar-refractivity contribution is -0.384. The third kappa shape index (κ3) is 3.14. The minimum atomic E-state index is -0.785. The first kappa shape index (κ1) is 14.5. The zero-order valence-corrected chi connectivity index (χ0v) is 11.4. The molecular formula is C14H18N2O4. The number of benzene rings is 1. The highest BCUT2D eigenvalue weighted by atomic mass is 16.6. The number of rotatable bonds is 5. The fourth-order valence-corrected chi connectivity index (χ4v) is 2.52. The summed E-state index contributed by atoms with van der Waals surface area (Å²) in [5, 5.41) is 24.2. The standard InChI is InChI=1S/C14H18N2O4/c1-10(17)11-4-5-12(13(8-11)16(19)20)15-9-14(18)6-2-3-7-14/h4-5,8,15,18H,2-3,6-7,9H2,1H3. The van der Waals surface area contributed by atoms with E-state index in [4.69, 9.17) is 0 Å². The number of nitro benzene ring substituents is 1. The highest BCUT2D eigenvalue weighted by molar-refractivity contribution is 5.95. The van der Waals surface area contributed by atoms with Crippen LogP contribution < -0.4 is 5.32 Å². The Morgan fingerprint density at radius 3 is 2.65 bits per heavy atom. The van der Waals surface area contributed by atoms with Crippen LogP contribution in [0.25, 0.3) is 0 Å². The lowest BCUT2D eigenvalue weighted by Crippen LogP contribution is -2.33. The van der Waals surface area contributed by atoms with Gasteiger partial charge in [-0.2, -0.15) is 0 Å². The molecule has 1 aliphatic carbocycles. The van der Waals surface area contributed by atoms with Crippen LogP contribution in [-0.2, 0) is 0 Å². The van der Waals surface area contributed by atoms with Gasteiger partial charge in [-0.15, -0.1) is 0 Å². The molecule has 0 amide bonds. The number of hydrogen-bond donors (Lipinski definition) is 2. The van der Waals surface area contributed by atoms with Crippen molar-refractivity contribution in [2.45, 2.75) is 38.2 Å². The molecule has 1 aromatic carbocycles. The van der Waals surface area contributed by atoms with E-state index in [0.29, 0.717) is 24.1 Å². The Morgan fingerprint density at radius 2 is 2.10 bits per heavy atom. The topological polar surface area (TPSA) is 92.5 Å². The summed E-state index contributed by atoms with van der Waals surface area (Å²) in [6, 6.07) is 4.34. The number of carbonyl (C=O) groups is 1. The van der Waals surface area contributed by atoms with Gasteiger partial charge in [-0.05, 0) is 31.9 Å². The maximum absolute atomic E-state index is 11.3. The molecule has 6 heteroatoms. The maximum Gasteiger partial charge on any atom is 0.293 e. The normalized spacial score (nSPS) is 16.9. The Hall–Kier alpha value is -1.95. The zero-order chi connectivity index (χ0) is 14.8. The molecule has 0 aliphatic heterocycles. The molecule has 1 fully saturated rings. The summed E-state index contributed by atoms with van der Waals surface area (Å²) in [6.45, 7) is 1.65. The van der Waals surface area contributed by atoms with E-state index in [9.17, 15) is 20.0 Å². The minimum Gasteiger partial charge on any atom is -0.388 e. The molecule has 1 aliphatic rings. The third-order valence-electron chi connectivity index (χ3n) is 3.74. The monoisotopic (exact) mass is 278 g/mol. The van der Waals surface area contributed by atoms with Crippen molar-refractivity contribution in [3.8, 4) is 0 Å². The predicted molar refractivity (Wildman–Crippen MR) is 75.0 cm³/mol. The van der Waals surface area contributed by atoms with Crippen LogP contribution in [0.1, 0.15) is 43.0 Å². The molecule has 0 spiro atoms. The summed E-state index contributed by atoms with van der Waals surface area (Å²) in [5.41, 5.74) is -0.283. The number of Topliss-reactive ketones (excluding diaryl/α,β-unsaturated/α-hetero) is 1. The highest BCUT2D eigenvalue weighted by Gasteiger charge is 2.31. The molecule has 0 saturated heterocycles. The Kier molecular flexibility index (Phi) is 4.04. The Morgan fingerprint density at radius 1 is 1.45 bits per heavy atom. The minimum absolute atomic E-state index is 0.140. The van der Waals surface area contributed by atoms with Crippen molar-refractivity contribution in [3.63, 3.8) is 0 Å². The van der Waals surface area contributed by atoms with Crippen LogP contribution in [0.3, 0.4) is 0 Å². The molecule has 6 nitrogen and oxygen atoms in total. The number of aliphatic hydroxyl groups is 1. The van der Waals surface area contributed by atoms with Gasteiger partial charge in [-0.3, -0.25) is 14.9 Å². The molecule has 0 atom stereocenters. The summed E-state index contributed by atoms with van der Waals surface area (Å²) in [7, 11) is 0. The molecule has 0 aromatic heterocycles. The van der Waals surface area contributed by atoms with Crippen molar-refractivity contribution in [2.75, 3.05) is 11.9 Å². The van der Waals surface area contributed by atoms with Gasteiger partial charge in [0, 0.05) is 18.2 Å². The van der Waals surface area contributed by atoms with Crippen molar-refractivity contribution in [3.05, 3.63) is 33.9 Å². The van der Waals surface area contributed by atoms with Gasteiger partial charge in [0.25, 0.3) is 5.69 Å². The van der Waals surface area contributed by atoms with E-state index in [0.717, 1.165) is 12.8 Å². The van der Waals surface area contributed by atoms with Gasteiger partial charge >= 0.3 is 0 Å². The van der Waals surface area contributed by atoms with Crippen LogP contribution in [-0.4, -0.2) is 28.0 Å². The second-order valence-corrected chi connectivity index (χ2v) is 5.33. The van der Waals surface area contributed by atoms with E-state index in [1.807, 2.05) is 0 Å². The molecule has 0 bridgehead atoms. The van der Waals surface area contributed by atoms with Gasteiger partial charge in [-0.25, -0.2) is 0 Å². The van der Waals surface area contributed by atoms with Crippen molar-refractivity contribution < 1.29 is 14.8 Å². The Balaban J connectivity index is 2.18. The number of nitro groups is 1. The number of anilines is 1. The quantitative estimate of drug-likeness (QED) is 0.490. The first-order valence-corrected chi connectivity index (χ1v) is 6.67. The molecule has 2 N–H and O–H groups in total. The van der Waals surface area contributed by atoms with E-state index < -0.39 is 10.5 Å². The lowest BCUT2D eigenvalue weighted by Gasteiger charge is -2.23. The third-order valence-corrected chi connectivity index (χ3v) is 3.74. The molecular weight excluding hydrogens is 260 g/mol. The second-order valence-electron chi connectivity index (χ2n) is 5.33. The molecule has 1 aromatic rings. The van der Waals surface area contributed by atoms with Crippen LogP contribution in [0.5, 0.6) is 0 Å². The Bertz CT molecular complexity index is 536. The average Bonchev–Trinajstić information content (AvgIpc) is 2.83. The average molecular weight is 278 g/mol. The smallest absolute Gasteiger partial charge is 0.293 e. The Labute approximate surface area is 117 Å². The van der Waals surface area contributed by atoms with Crippen molar-refractivity contribution in [1.82, 2.24) is 0 Å². The van der Waals surface area contributed by atoms with E-state index in [1.54, 1.807) is 6.07 Å². The number of ketones is 1. The highest BCUT2D eigenvalue weighted by Crippen LogP contribution is 2.31. The largest absolute Gasteiger partial charge is 0.388 e. The van der Waals surface area contributed by atoms with E-state index >= 15 is 0 Å². The van der Waals surface area contributed by atoms with Crippen LogP contribution in [0.15, 0.2) is 18.2 Å². The van der Waals surface area contributed by atoms with Crippen molar-refractivity contribution in [2.24, 2.45) is 0 Å². The molecule has 108 valence electrons. The molecule has 0 unspecified atom stereocenters. The lowest BCUT2D eigenvalue weighted by atomic mass is 10.0. The number of nitrogens with zero attached hydrogens (tertiary/aromatic N) is 1. The van der Waals surface area contributed by atoms with Crippen LogP contribution in [0, 0.1) is 10.1 Å². The van der Waals surface area contributed by atoms with Crippen molar-refractivity contribution >= 4 is 17.2 Å². The van der Waals surface area contributed by atoms with Gasteiger partial charge < -0.3 is 10.4 Å². The zero-order valence-electron chi connectivity index (χ0n) is 11.4. The maximum atomic E-state index is 11.3. The van der Waals surface area contributed by atoms with Gasteiger partial charge in [0.2, 0.25) is 0 Å². The van der Waals surface area contributed by atoms with Crippen LogP contribution in [0.2, 0.25) is 0 Å². The summed E-state index contributed by atoms with van der Waals surface area (Å²) in [6.07, 6.45) is 3.37. The predicted octanol–water partition coefficient (Wildman–Crippen LogP) is 2.51. The molecule has 0 heterocycles. The summed E-state index contributed by atoms with van der Waals surface area (Å²) >= 11 is 0. The second kappa shape index (κ2) is 5.58. The fourth-order valence-electron chi connectivity index (χ4n) is 2.52. The number of carbonyl (C=O) groups excluding carboxylic acids is 1. The first-order chi connectivity index (χ1) is 9.41. The first-order valence-electron chi connectivity index (χ1n) is 6.67. The molecule has 20 heavy (non-hydrogen) atoms. The summed E-state index contributed by atoms with van der Waals surface area (Å²) in [4.78, 5) is 21.8. The van der Waals surface area contributed by atoms with Crippen molar-refractivity contribution in [1.29, 1.82) is 0 Å². The number of nitrogens with one attached hydrogen (secondary N) is 1. The molecule has 2 rings (SSSR count). The fraction of sp³-hybridized carbons (Fsp3) is 0.500. The molecule has 0 radical (unpaired) electrons. The van der Waals surface area contributed by atoms with E-state index in [2.05, 4.69) is 5.32 Å². The van der Waals surface area contributed by atoms with Crippen LogP contribution >= 0.6 is 0 Å². The molecule has 1 saturated carbocycles. The van der Waals surface area contributed by atoms with Crippen LogP contribution in [0.4, 0.5) is 11.4 Å². The van der Waals surface area contributed by atoms with Gasteiger partial charge in [-0.1, -0.05) is 12.8 Å². The van der Waals surface area contributed by atoms with Gasteiger partial charge in [0.1, 0.15) is 5.69 Å². The number of hydrogen-bond acceptors (Lipinski definition) is 5. The van der Waals surface area contributed by atoms with Gasteiger partial charge in [0.15, 0.2) is 5.78 Å². The summed E-state index contributed by atoms with van der Waals surface area (Å²) in [5.74, 6) is -0.214. The van der Waals surface area contributed by atoms with E-state index in [-0.39, 0.29) is 18.0 Å². The van der Waals surface area contributed by atoms with Gasteiger partial charge in [0.05, 0.1) is 10.5 Å². The summed E-state index contributed by atoms with van der Waals surface area (Å²) < 4.78 is 0. The SMILES string of the molecule is CC(=O)c1ccc(NCC2(O)CCCC2)c([N+](=O)[O-])c1.